The second kappa shape index (κ2) is 13.8. The van der Waals surface area contributed by atoms with E-state index >= 15 is 0 Å². The van der Waals surface area contributed by atoms with Crippen LogP contribution in [0.2, 0.25) is 0 Å². The number of rotatable bonds is 15. The summed E-state index contributed by atoms with van der Waals surface area (Å²) < 4.78 is 10.7. The van der Waals surface area contributed by atoms with Crippen LogP contribution in [0.25, 0.3) is 0 Å². The number of anilines is 1. The fourth-order valence-electron chi connectivity index (χ4n) is 3.54. The van der Waals surface area contributed by atoms with Crippen molar-refractivity contribution in [3.63, 3.8) is 0 Å². The normalized spacial score (nSPS) is 11.2. The maximum Gasteiger partial charge on any atom is 0.301 e. The first-order chi connectivity index (χ1) is 16.4. The van der Waals surface area contributed by atoms with Gasteiger partial charge >= 0.3 is 5.69 Å². The molecule has 0 bridgehead atoms. The van der Waals surface area contributed by atoms with Gasteiger partial charge in [-0.15, -0.1) is 0 Å². The number of hydrogen-bond donors (Lipinski definition) is 1. The maximum atomic E-state index is 11.4. The van der Waals surface area contributed by atoms with E-state index in [2.05, 4.69) is 17.5 Å². The number of hydrogen-bond acceptors (Lipinski definition) is 8. The Labute approximate surface area is 199 Å². The molecule has 2 rings (SSSR count). The summed E-state index contributed by atoms with van der Waals surface area (Å²) in [6, 6.07) is 8.86. The van der Waals surface area contributed by atoms with Crippen LogP contribution < -0.4 is 14.9 Å². The van der Waals surface area contributed by atoms with Crippen molar-refractivity contribution in [3.8, 4) is 11.5 Å². The Morgan fingerprint density at radius 3 is 2.18 bits per heavy atom. The SMILES string of the molecule is CCCCCCCCC/C(=N/Nc1ccc([N+](=O)[O-])cc1[N+](=O)[O-])c1ccc(OC)c(OC)c1. The zero-order valence-electron chi connectivity index (χ0n) is 19.9. The molecule has 0 heterocycles. The Bertz CT molecular complexity index is 1010. The zero-order valence-corrected chi connectivity index (χ0v) is 19.9. The van der Waals surface area contributed by atoms with Crippen molar-refractivity contribution in [1.82, 2.24) is 0 Å². The Hall–Kier alpha value is -3.69. The lowest BCUT2D eigenvalue weighted by Gasteiger charge is -2.12. The monoisotopic (exact) mass is 472 g/mol. The van der Waals surface area contributed by atoms with Gasteiger partial charge in [0, 0.05) is 11.6 Å². The third-order valence-corrected chi connectivity index (χ3v) is 5.43. The number of nitro groups is 2. The van der Waals surface area contributed by atoms with Gasteiger partial charge in [-0.2, -0.15) is 5.10 Å². The van der Waals surface area contributed by atoms with E-state index in [-0.39, 0.29) is 11.4 Å². The number of methoxy groups -OCH3 is 2. The summed E-state index contributed by atoms with van der Waals surface area (Å²) in [4.78, 5) is 21.1. The van der Waals surface area contributed by atoms with Crippen LogP contribution in [-0.4, -0.2) is 29.8 Å². The summed E-state index contributed by atoms with van der Waals surface area (Å²) in [7, 11) is 3.10. The molecule has 2 aromatic carbocycles. The van der Waals surface area contributed by atoms with Gasteiger partial charge < -0.3 is 9.47 Å². The Balaban J connectivity index is 2.27. The van der Waals surface area contributed by atoms with E-state index in [1.165, 1.54) is 37.8 Å². The lowest BCUT2D eigenvalue weighted by molar-refractivity contribution is -0.393. The summed E-state index contributed by atoms with van der Waals surface area (Å²) >= 11 is 0. The lowest BCUT2D eigenvalue weighted by Crippen LogP contribution is -2.07. The smallest absolute Gasteiger partial charge is 0.301 e. The average Bonchev–Trinajstić information content (AvgIpc) is 2.84. The highest BCUT2D eigenvalue weighted by molar-refractivity contribution is 6.01. The fourth-order valence-corrected chi connectivity index (χ4v) is 3.54. The number of benzene rings is 2. The van der Waals surface area contributed by atoms with Gasteiger partial charge in [0.05, 0.1) is 35.8 Å². The van der Waals surface area contributed by atoms with Crippen LogP contribution in [0.5, 0.6) is 11.5 Å². The molecule has 0 fully saturated rings. The third kappa shape index (κ3) is 7.72. The Morgan fingerprint density at radius 2 is 1.56 bits per heavy atom. The minimum atomic E-state index is -0.671. The van der Waals surface area contributed by atoms with Gasteiger partial charge in [0.15, 0.2) is 11.5 Å². The fraction of sp³-hybridized carbons (Fsp3) is 0.458. The van der Waals surface area contributed by atoms with Crippen molar-refractivity contribution >= 4 is 22.8 Å². The molecule has 0 unspecified atom stereocenters. The van der Waals surface area contributed by atoms with Crippen LogP contribution in [-0.2, 0) is 0 Å². The highest BCUT2D eigenvalue weighted by Gasteiger charge is 2.19. The molecule has 0 saturated carbocycles. The molecule has 34 heavy (non-hydrogen) atoms. The van der Waals surface area contributed by atoms with E-state index in [0.717, 1.165) is 30.9 Å². The van der Waals surface area contributed by atoms with Crippen molar-refractivity contribution in [2.45, 2.75) is 58.3 Å². The second-order valence-electron chi connectivity index (χ2n) is 7.83. The number of nitrogens with one attached hydrogen (secondary N) is 1. The molecular weight excluding hydrogens is 440 g/mol. The predicted octanol–water partition coefficient (Wildman–Crippen LogP) is 6.48. The minimum absolute atomic E-state index is 0.0770. The molecule has 0 radical (unpaired) electrons. The molecule has 0 aliphatic rings. The topological polar surface area (TPSA) is 129 Å². The minimum Gasteiger partial charge on any atom is -0.493 e. The van der Waals surface area contributed by atoms with Crippen molar-refractivity contribution < 1.29 is 19.3 Å². The molecule has 184 valence electrons. The number of nitrogens with zero attached hydrogens (tertiary/aromatic N) is 3. The largest absolute Gasteiger partial charge is 0.493 e. The summed E-state index contributed by atoms with van der Waals surface area (Å²) in [5.41, 5.74) is 3.54. The predicted molar refractivity (Wildman–Crippen MR) is 132 cm³/mol. The first-order valence-corrected chi connectivity index (χ1v) is 11.4. The van der Waals surface area contributed by atoms with Crippen LogP contribution in [0.1, 0.15) is 63.9 Å². The van der Waals surface area contributed by atoms with E-state index in [4.69, 9.17) is 9.47 Å². The van der Waals surface area contributed by atoms with Gasteiger partial charge in [-0.3, -0.25) is 25.7 Å². The molecule has 10 heteroatoms. The summed E-state index contributed by atoms with van der Waals surface area (Å²) in [5, 5.41) is 26.9. The van der Waals surface area contributed by atoms with Crippen LogP contribution in [0, 0.1) is 20.2 Å². The summed E-state index contributed by atoms with van der Waals surface area (Å²) in [6.07, 6.45) is 8.63. The van der Waals surface area contributed by atoms with E-state index in [0.29, 0.717) is 23.6 Å². The molecule has 1 N–H and O–H groups in total. The highest BCUT2D eigenvalue weighted by Crippen LogP contribution is 2.31. The number of non-ortho nitro benzene ring substituents is 1. The van der Waals surface area contributed by atoms with Crippen LogP contribution in [0.4, 0.5) is 17.1 Å². The number of nitro benzene ring substituents is 2. The van der Waals surface area contributed by atoms with Crippen molar-refractivity contribution in [2.75, 3.05) is 19.6 Å². The molecule has 0 spiro atoms. The molecule has 0 aromatic heterocycles. The zero-order chi connectivity index (χ0) is 24.9. The van der Waals surface area contributed by atoms with Gasteiger partial charge in [-0.05, 0) is 37.1 Å². The maximum absolute atomic E-state index is 11.4. The quantitative estimate of drug-likeness (QED) is 0.136. The van der Waals surface area contributed by atoms with Gasteiger partial charge in [0.2, 0.25) is 0 Å². The third-order valence-electron chi connectivity index (χ3n) is 5.43. The van der Waals surface area contributed by atoms with E-state index in [9.17, 15) is 20.2 Å². The number of ether oxygens (including phenoxy) is 2. The van der Waals surface area contributed by atoms with Crippen LogP contribution in [0.3, 0.4) is 0 Å². The molecule has 10 nitrogen and oxygen atoms in total. The lowest BCUT2D eigenvalue weighted by atomic mass is 10.0. The second-order valence-corrected chi connectivity index (χ2v) is 7.83. The number of hydrazone groups is 1. The van der Waals surface area contributed by atoms with Crippen molar-refractivity contribution in [2.24, 2.45) is 5.10 Å². The molecule has 0 atom stereocenters. The summed E-state index contributed by atoms with van der Waals surface area (Å²) in [5.74, 6) is 1.13. The molecular formula is C24H32N4O6. The first kappa shape index (κ1) is 26.6. The van der Waals surface area contributed by atoms with Crippen molar-refractivity contribution in [1.29, 1.82) is 0 Å². The molecule has 2 aromatic rings. The molecule has 0 aliphatic heterocycles. The van der Waals surface area contributed by atoms with E-state index < -0.39 is 15.5 Å². The van der Waals surface area contributed by atoms with E-state index in [1.54, 1.807) is 20.3 Å². The van der Waals surface area contributed by atoms with Gasteiger partial charge in [0.1, 0.15) is 5.69 Å². The van der Waals surface area contributed by atoms with Gasteiger partial charge in [0.25, 0.3) is 5.69 Å². The van der Waals surface area contributed by atoms with Gasteiger partial charge in [-0.25, -0.2) is 0 Å². The van der Waals surface area contributed by atoms with Crippen LogP contribution in [0.15, 0.2) is 41.5 Å². The number of unbranched alkanes of at least 4 members (excludes halogenated alkanes) is 6. The average molecular weight is 473 g/mol. The Kier molecular flexibility index (Phi) is 10.8. The Morgan fingerprint density at radius 1 is 0.882 bits per heavy atom. The first-order valence-electron chi connectivity index (χ1n) is 11.4. The molecule has 0 aliphatic carbocycles. The molecule has 0 saturated heterocycles. The molecule has 0 amide bonds. The highest BCUT2D eigenvalue weighted by atomic mass is 16.6. The van der Waals surface area contributed by atoms with Crippen LogP contribution >= 0.6 is 0 Å². The van der Waals surface area contributed by atoms with E-state index in [1.807, 2.05) is 12.1 Å². The summed E-state index contributed by atoms with van der Waals surface area (Å²) in [6.45, 7) is 2.19. The van der Waals surface area contributed by atoms with Crippen molar-refractivity contribution in [3.05, 3.63) is 62.2 Å². The van der Waals surface area contributed by atoms with Gasteiger partial charge in [-0.1, -0.05) is 45.4 Å². The standard InChI is InChI=1S/C24H32N4O6/c1-4-5-6-7-8-9-10-11-20(18-12-15-23(33-2)24(16-18)34-3)25-26-21-14-13-19(27(29)30)17-22(21)28(31)32/h12-17,26H,4-11H2,1-3H3/b25-20-.